The van der Waals surface area contributed by atoms with E-state index in [4.69, 9.17) is 10.2 Å². The third-order valence-electron chi connectivity index (χ3n) is 2.26. The summed E-state index contributed by atoms with van der Waals surface area (Å²) in [5.41, 5.74) is 0. The molecule has 0 aromatic carbocycles. The maximum absolute atomic E-state index is 11.5. The molecule has 8 nitrogen and oxygen atoms in total. The average molecular weight is 298 g/mol. The average Bonchev–Trinajstić information content (AvgIpc) is 2.29. The Morgan fingerprint density at radius 3 is 2.42 bits per heavy atom. The van der Waals surface area contributed by atoms with Gasteiger partial charge in [0.2, 0.25) is 0 Å². The zero-order valence-corrected chi connectivity index (χ0v) is 11.5. The molecule has 0 aliphatic carbocycles. The summed E-state index contributed by atoms with van der Waals surface area (Å²) in [4.78, 5) is 35.1. The molecule has 19 heavy (non-hydrogen) atoms. The van der Waals surface area contributed by atoms with E-state index in [0.717, 1.165) is 6.42 Å². The Bertz CT molecular complexity index is 342. The number of unbranched alkanes of at least 4 members (excludes halogenated alkanes) is 1. The molecule has 9 heteroatoms. The number of aliphatic carboxylic acids is 2. The van der Waals surface area contributed by atoms with Crippen molar-refractivity contribution in [1.82, 2.24) is 0 Å². The van der Waals surface area contributed by atoms with Gasteiger partial charge in [0.15, 0.2) is 0 Å². The van der Waals surface area contributed by atoms with Crippen molar-refractivity contribution in [2.45, 2.75) is 32.6 Å². The summed E-state index contributed by atoms with van der Waals surface area (Å²) in [7, 11) is -4.20. The normalized spacial score (nSPS) is 15.7. The summed E-state index contributed by atoms with van der Waals surface area (Å²) >= 11 is 0. The molecule has 0 amide bonds. The SMILES string of the molecule is CCCCOOP(=O)(O)CC(CCC(=O)O)C(=O)O. The van der Waals surface area contributed by atoms with E-state index in [1.807, 2.05) is 6.92 Å². The monoisotopic (exact) mass is 298 g/mol. The van der Waals surface area contributed by atoms with Crippen molar-refractivity contribution in [2.24, 2.45) is 5.92 Å². The molecule has 112 valence electrons. The van der Waals surface area contributed by atoms with Crippen LogP contribution in [0, 0.1) is 5.92 Å². The van der Waals surface area contributed by atoms with Crippen LogP contribution in [0.15, 0.2) is 0 Å². The summed E-state index contributed by atoms with van der Waals surface area (Å²) in [6.45, 7) is 2.03. The molecule has 0 aliphatic rings. The van der Waals surface area contributed by atoms with Crippen LogP contribution in [0.5, 0.6) is 0 Å². The molecule has 0 fully saturated rings. The zero-order chi connectivity index (χ0) is 14.9. The van der Waals surface area contributed by atoms with Gasteiger partial charge in [-0.3, -0.25) is 14.2 Å². The van der Waals surface area contributed by atoms with Crippen molar-refractivity contribution in [1.29, 1.82) is 0 Å². The molecule has 0 aromatic rings. The topological polar surface area (TPSA) is 130 Å². The lowest BCUT2D eigenvalue weighted by molar-refractivity contribution is -0.213. The van der Waals surface area contributed by atoms with Gasteiger partial charge in [-0.1, -0.05) is 13.3 Å². The van der Waals surface area contributed by atoms with E-state index >= 15 is 0 Å². The Labute approximate surface area is 110 Å². The minimum Gasteiger partial charge on any atom is -0.481 e. The number of hydrogen-bond donors (Lipinski definition) is 3. The van der Waals surface area contributed by atoms with E-state index in [0.29, 0.717) is 6.42 Å². The summed E-state index contributed by atoms with van der Waals surface area (Å²) < 4.78 is 15.9. The summed E-state index contributed by atoms with van der Waals surface area (Å²) in [5.74, 6) is -3.77. The van der Waals surface area contributed by atoms with E-state index in [-0.39, 0.29) is 13.0 Å². The molecule has 2 unspecified atom stereocenters. The molecule has 0 spiro atoms. The summed E-state index contributed by atoms with van der Waals surface area (Å²) in [6.07, 6.45) is 0.139. The van der Waals surface area contributed by atoms with Crippen molar-refractivity contribution in [3.8, 4) is 0 Å². The molecular formula is C10H19O8P. The van der Waals surface area contributed by atoms with E-state index in [1.54, 1.807) is 0 Å². The van der Waals surface area contributed by atoms with Gasteiger partial charge in [0, 0.05) is 6.42 Å². The van der Waals surface area contributed by atoms with Gasteiger partial charge in [0.25, 0.3) is 0 Å². The first-order valence-electron chi connectivity index (χ1n) is 5.86. The Balaban J connectivity index is 4.27. The van der Waals surface area contributed by atoms with Gasteiger partial charge in [-0.25, -0.2) is 4.89 Å². The fourth-order valence-electron chi connectivity index (χ4n) is 1.22. The summed E-state index contributed by atoms with van der Waals surface area (Å²) in [6, 6.07) is 0. The fourth-order valence-corrected chi connectivity index (χ4v) is 2.42. The zero-order valence-electron chi connectivity index (χ0n) is 10.7. The van der Waals surface area contributed by atoms with Gasteiger partial charge in [0.1, 0.15) is 0 Å². The first kappa shape index (κ1) is 18.0. The van der Waals surface area contributed by atoms with E-state index in [2.05, 4.69) is 9.56 Å². The molecule has 0 aliphatic heterocycles. The van der Waals surface area contributed by atoms with Crippen LogP contribution < -0.4 is 0 Å². The van der Waals surface area contributed by atoms with E-state index in [1.165, 1.54) is 0 Å². The van der Waals surface area contributed by atoms with Crippen molar-refractivity contribution < 1.29 is 38.8 Å². The first-order chi connectivity index (χ1) is 8.78. The standard InChI is InChI=1S/C10H19O8P/c1-2-3-6-17-18-19(15,16)7-8(10(13)14)4-5-9(11)12/h8H,2-7H2,1H3,(H,11,12)(H,13,14)(H,15,16). The first-order valence-corrected chi connectivity index (χ1v) is 7.62. The number of rotatable bonds is 11. The molecule has 0 saturated heterocycles. The van der Waals surface area contributed by atoms with Crippen molar-refractivity contribution in [3.05, 3.63) is 0 Å². The predicted octanol–water partition coefficient (Wildman–Crippen LogP) is 1.49. The van der Waals surface area contributed by atoms with Gasteiger partial charge >= 0.3 is 19.5 Å². The van der Waals surface area contributed by atoms with E-state index < -0.39 is 38.0 Å². The molecule has 0 bridgehead atoms. The Kier molecular flexibility index (Phi) is 8.58. The predicted molar refractivity (Wildman–Crippen MR) is 64.6 cm³/mol. The molecule has 0 rings (SSSR count). The van der Waals surface area contributed by atoms with Crippen molar-refractivity contribution in [3.63, 3.8) is 0 Å². The third kappa shape index (κ3) is 9.61. The number of carboxylic acids is 2. The maximum atomic E-state index is 11.5. The van der Waals surface area contributed by atoms with Crippen molar-refractivity contribution >= 4 is 19.5 Å². The third-order valence-corrected chi connectivity index (χ3v) is 3.50. The van der Waals surface area contributed by atoms with Gasteiger partial charge < -0.3 is 15.1 Å². The molecule has 0 radical (unpaired) electrons. The lowest BCUT2D eigenvalue weighted by Crippen LogP contribution is -2.20. The highest BCUT2D eigenvalue weighted by molar-refractivity contribution is 7.52. The molecule has 0 saturated carbocycles. The molecule has 3 N–H and O–H groups in total. The summed E-state index contributed by atoms with van der Waals surface area (Å²) in [5, 5.41) is 17.3. The van der Waals surface area contributed by atoms with Crippen LogP contribution in [0.2, 0.25) is 0 Å². The highest BCUT2D eigenvalue weighted by Gasteiger charge is 2.31. The minimum absolute atomic E-state index is 0.133. The lowest BCUT2D eigenvalue weighted by atomic mass is 10.1. The lowest BCUT2D eigenvalue weighted by Gasteiger charge is -2.15. The van der Waals surface area contributed by atoms with Crippen LogP contribution >= 0.6 is 7.60 Å². The van der Waals surface area contributed by atoms with Crippen LogP contribution in [0.4, 0.5) is 0 Å². The molecule has 0 aromatic heterocycles. The van der Waals surface area contributed by atoms with Crippen LogP contribution in [0.3, 0.4) is 0 Å². The molecular weight excluding hydrogens is 279 g/mol. The van der Waals surface area contributed by atoms with Gasteiger partial charge in [0.05, 0.1) is 18.7 Å². The number of hydrogen-bond acceptors (Lipinski definition) is 5. The second kappa shape index (κ2) is 9.03. The number of carboxylic acid groups (broad SMARTS) is 2. The largest absolute Gasteiger partial charge is 0.481 e. The fraction of sp³-hybridized carbons (Fsp3) is 0.800. The molecule has 0 heterocycles. The Morgan fingerprint density at radius 2 is 1.95 bits per heavy atom. The van der Waals surface area contributed by atoms with Gasteiger partial charge in [-0.05, 0) is 12.8 Å². The second-order valence-electron chi connectivity index (χ2n) is 4.04. The minimum atomic E-state index is -4.20. The maximum Gasteiger partial charge on any atom is 0.356 e. The van der Waals surface area contributed by atoms with E-state index in [9.17, 15) is 19.0 Å². The highest BCUT2D eigenvalue weighted by atomic mass is 31.2. The van der Waals surface area contributed by atoms with Crippen LogP contribution in [-0.4, -0.2) is 39.8 Å². The van der Waals surface area contributed by atoms with Crippen molar-refractivity contribution in [2.75, 3.05) is 12.8 Å². The van der Waals surface area contributed by atoms with Crippen LogP contribution in [0.25, 0.3) is 0 Å². The van der Waals surface area contributed by atoms with Gasteiger partial charge in [-0.15, -0.1) is 4.67 Å². The molecule has 2 atom stereocenters. The smallest absolute Gasteiger partial charge is 0.356 e. The van der Waals surface area contributed by atoms with Crippen LogP contribution in [-0.2, 0) is 23.7 Å². The quantitative estimate of drug-likeness (QED) is 0.226. The Hall–Kier alpha value is -0.950. The Morgan fingerprint density at radius 1 is 1.32 bits per heavy atom. The van der Waals surface area contributed by atoms with Crippen LogP contribution in [0.1, 0.15) is 32.6 Å². The highest BCUT2D eigenvalue weighted by Crippen LogP contribution is 2.44. The number of carbonyl (C=O) groups is 2. The second-order valence-corrected chi connectivity index (χ2v) is 5.83. The van der Waals surface area contributed by atoms with Gasteiger partial charge in [-0.2, -0.15) is 0 Å².